The molecule has 3 unspecified atom stereocenters. The normalized spacial score (nSPS) is 35.1. The second kappa shape index (κ2) is 4.53. The lowest BCUT2D eigenvalue weighted by molar-refractivity contribution is -0.0407. The van der Waals surface area contributed by atoms with Crippen LogP contribution in [0.3, 0.4) is 0 Å². The second-order valence-corrected chi connectivity index (χ2v) is 6.72. The summed E-state index contributed by atoms with van der Waals surface area (Å²) in [6.07, 6.45) is 5.96. The van der Waals surface area contributed by atoms with Gasteiger partial charge in [-0.25, -0.2) is 0 Å². The maximum absolute atomic E-state index is 6.41. The van der Waals surface area contributed by atoms with E-state index in [0.29, 0.717) is 5.92 Å². The monoisotopic (exact) mass is 309 g/mol. The third-order valence-electron chi connectivity index (χ3n) is 4.64. The summed E-state index contributed by atoms with van der Waals surface area (Å²) in [6, 6.07) is 6.31. The Morgan fingerprint density at radius 1 is 1.39 bits per heavy atom. The van der Waals surface area contributed by atoms with E-state index in [1.807, 2.05) is 6.07 Å². The van der Waals surface area contributed by atoms with Crippen LogP contribution in [0.5, 0.6) is 5.75 Å². The molecule has 1 saturated carbocycles. The Morgan fingerprint density at radius 2 is 2.22 bits per heavy atom. The Balaban J connectivity index is 1.99. The highest BCUT2D eigenvalue weighted by Gasteiger charge is 2.45. The third-order valence-corrected chi connectivity index (χ3v) is 5.13. The average Bonchev–Trinajstić information content (AvgIpc) is 2.32. The minimum Gasteiger partial charge on any atom is -0.487 e. The van der Waals surface area contributed by atoms with Crippen molar-refractivity contribution in [2.75, 3.05) is 0 Å². The quantitative estimate of drug-likeness (QED) is 0.780. The van der Waals surface area contributed by atoms with Crippen molar-refractivity contribution in [3.63, 3.8) is 0 Å². The zero-order chi connectivity index (χ0) is 12.8. The number of fused-ring (bicyclic) bond motifs is 1. The van der Waals surface area contributed by atoms with Crippen LogP contribution in [0.25, 0.3) is 0 Å². The van der Waals surface area contributed by atoms with Crippen LogP contribution in [-0.2, 0) is 0 Å². The molecule has 3 rings (SSSR count). The minimum atomic E-state index is -0.0224. The summed E-state index contributed by atoms with van der Waals surface area (Å²) in [5.41, 5.74) is 7.50. The van der Waals surface area contributed by atoms with Gasteiger partial charge in [0.25, 0.3) is 0 Å². The Bertz CT molecular complexity index is 462. The number of hydrogen-bond donors (Lipinski definition) is 1. The fourth-order valence-corrected chi connectivity index (χ4v) is 3.82. The van der Waals surface area contributed by atoms with Gasteiger partial charge in [-0.2, -0.15) is 0 Å². The molecule has 1 aliphatic heterocycles. The van der Waals surface area contributed by atoms with Gasteiger partial charge in [0.2, 0.25) is 0 Å². The topological polar surface area (TPSA) is 35.2 Å². The SMILES string of the molecule is CC1CCCCC12CC(N)c1ccc(Br)cc1O2. The molecule has 0 saturated heterocycles. The van der Waals surface area contributed by atoms with Gasteiger partial charge in [0.15, 0.2) is 0 Å². The number of hydrogen-bond acceptors (Lipinski definition) is 2. The van der Waals surface area contributed by atoms with E-state index in [0.717, 1.165) is 28.6 Å². The molecule has 2 aliphatic rings. The summed E-state index contributed by atoms with van der Waals surface area (Å²) in [4.78, 5) is 0. The van der Waals surface area contributed by atoms with E-state index in [1.165, 1.54) is 19.3 Å². The zero-order valence-corrected chi connectivity index (χ0v) is 12.4. The Hall–Kier alpha value is -0.540. The van der Waals surface area contributed by atoms with Crippen molar-refractivity contribution in [1.82, 2.24) is 0 Å². The van der Waals surface area contributed by atoms with Crippen molar-refractivity contribution >= 4 is 15.9 Å². The van der Waals surface area contributed by atoms with Crippen LogP contribution in [-0.4, -0.2) is 5.60 Å². The molecule has 3 heteroatoms. The number of rotatable bonds is 0. The van der Waals surface area contributed by atoms with E-state index in [9.17, 15) is 0 Å². The van der Waals surface area contributed by atoms with E-state index in [4.69, 9.17) is 10.5 Å². The molecule has 1 aromatic carbocycles. The van der Waals surface area contributed by atoms with Crippen molar-refractivity contribution < 1.29 is 4.74 Å². The van der Waals surface area contributed by atoms with E-state index < -0.39 is 0 Å². The molecule has 2 nitrogen and oxygen atoms in total. The van der Waals surface area contributed by atoms with Crippen LogP contribution < -0.4 is 10.5 Å². The molecule has 0 aromatic heterocycles. The maximum atomic E-state index is 6.41. The summed E-state index contributed by atoms with van der Waals surface area (Å²) in [5.74, 6) is 1.58. The summed E-state index contributed by atoms with van der Waals surface area (Å²) in [5, 5.41) is 0. The van der Waals surface area contributed by atoms with E-state index >= 15 is 0 Å². The first-order valence-corrected chi connectivity index (χ1v) is 7.64. The van der Waals surface area contributed by atoms with Gasteiger partial charge in [-0.1, -0.05) is 35.3 Å². The maximum Gasteiger partial charge on any atom is 0.126 e. The van der Waals surface area contributed by atoms with Crippen molar-refractivity contribution in [2.24, 2.45) is 11.7 Å². The minimum absolute atomic E-state index is 0.0224. The molecular weight excluding hydrogens is 290 g/mol. The molecule has 18 heavy (non-hydrogen) atoms. The summed E-state index contributed by atoms with van der Waals surface area (Å²) < 4.78 is 7.48. The van der Waals surface area contributed by atoms with Crippen LogP contribution in [0.1, 0.15) is 50.6 Å². The first kappa shape index (κ1) is 12.5. The van der Waals surface area contributed by atoms with Crippen LogP contribution >= 0.6 is 15.9 Å². The fourth-order valence-electron chi connectivity index (χ4n) is 3.48. The molecule has 0 radical (unpaired) electrons. The van der Waals surface area contributed by atoms with Crippen molar-refractivity contribution in [1.29, 1.82) is 0 Å². The van der Waals surface area contributed by atoms with Gasteiger partial charge in [-0.15, -0.1) is 0 Å². The third kappa shape index (κ3) is 1.97. The van der Waals surface area contributed by atoms with Crippen molar-refractivity contribution in [3.05, 3.63) is 28.2 Å². The first-order valence-electron chi connectivity index (χ1n) is 6.85. The summed E-state index contributed by atoms with van der Waals surface area (Å²) >= 11 is 3.52. The van der Waals surface area contributed by atoms with Gasteiger partial charge < -0.3 is 10.5 Å². The molecule has 3 atom stereocenters. The van der Waals surface area contributed by atoms with E-state index in [1.54, 1.807) is 0 Å². The van der Waals surface area contributed by atoms with Gasteiger partial charge >= 0.3 is 0 Å². The van der Waals surface area contributed by atoms with Crippen LogP contribution in [0, 0.1) is 5.92 Å². The Kier molecular flexibility index (Phi) is 3.15. The molecule has 1 aliphatic carbocycles. The Morgan fingerprint density at radius 3 is 3.00 bits per heavy atom. The van der Waals surface area contributed by atoms with Gasteiger partial charge in [-0.3, -0.25) is 0 Å². The highest BCUT2D eigenvalue weighted by Crippen LogP contribution is 2.48. The standard InChI is InChI=1S/C15H20BrNO/c1-10-4-2-3-7-15(10)9-13(17)12-6-5-11(16)8-14(12)18-15/h5-6,8,10,13H,2-4,7,9,17H2,1H3. The lowest BCUT2D eigenvalue weighted by Crippen LogP contribution is -2.49. The smallest absolute Gasteiger partial charge is 0.126 e. The largest absolute Gasteiger partial charge is 0.487 e. The number of halogens is 1. The molecule has 2 N–H and O–H groups in total. The molecule has 0 bridgehead atoms. The zero-order valence-electron chi connectivity index (χ0n) is 10.8. The van der Waals surface area contributed by atoms with Gasteiger partial charge in [0.1, 0.15) is 11.4 Å². The number of nitrogens with two attached hydrogens (primary N) is 1. The highest BCUT2D eigenvalue weighted by molar-refractivity contribution is 9.10. The van der Waals surface area contributed by atoms with Crippen molar-refractivity contribution in [3.8, 4) is 5.75 Å². The summed E-state index contributed by atoms with van der Waals surface area (Å²) in [7, 11) is 0. The molecule has 1 heterocycles. The number of ether oxygens (including phenoxy) is 1. The molecule has 1 aromatic rings. The lowest BCUT2D eigenvalue weighted by atomic mass is 9.71. The molecular formula is C15H20BrNO. The first-order chi connectivity index (χ1) is 8.61. The summed E-state index contributed by atoms with van der Waals surface area (Å²) in [6.45, 7) is 2.31. The molecule has 98 valence electrons. The van der Waals surface area contributed by atoms with Crippen molar-refractivity contribution in [2.45, 2.75) is 50.7 Å². The van der Waals surface area contributed by atoms with Crippen LogP contribution in [0.4, 0.5) is 0 Å². The van der Waals surface area contributed by atoms with Crippen LogP contribution in [0.15, 0.2) is 22.7 Å². The van der Waals surface area contributed by atoms with Gasteiger partial charge in [0.05, 0.1) is 0 Å². The fraction of sp³-hybridized carbons (Fsp3) is 0.600. The van der Waals surface area contributed by atoms with Gasteiger partial charge in [-0.05, 0) is 37.3 Å². The lowest BCUT2D eigenvalue weighted by Gasteiger charge is -2.47. The van der Waals surface area contributed by atoms with Gasteiger partial charge in [0, 0.05) is 22.5 Å². The van der Waals surface area contributed by atoms with Crippen LogP contribution in [0.2, 0.25) is 0 Å². The Labute approximate surface area is 117 Å². The molecule has 1 spiro atoms. The highest BCUT2D eigenvalue weighted by atomic mass is 79.9. The predicted molar refractivity (Wildman–Crippen MR) is 76.7 cm³/mol. The molecule has 0 amide bonds. The average molecular weight is 310 g/mol. The van der Waals surface area contributed by atoms with E-state index in [-0.39, 0.29) is 11.6 Å². The van der Waals surface area contributed by atoms with E-state index in [2.05, 4.69) is 35.0 Å². The molecule has 1 fully saturated rings. The number of benzene rings is 1. The predicted octanol–water partition coefficient (Wildman–Crippen LogP) is 4.18. The second-order valence-electron chi connectivity index (χ2n) is 5.81.